The lowest BCUT2D eigenvalue weighted by molar-refractivity contribution is 0.0981. The highest BCUT2D eigenvalue weighted by molar-refractivity contribution is 9.10. The van der Waals surface area contributed by atoms with Crippen LogP contribution in [0, 0.1) is 0 Å². The average molecular weight is 404 g/mol. The van der Waals surface area contributed by atoms with Crippen LogP contribution in [0.25, 0.3) is 11.3 Å². The third kappa shape index (κ3) is 2.74. The molecule has 4 nitrogen and oxygen atoms in total. The first-order valence-corrected chi connectivity index (χ1v) is 8.62. The largest absolute Gasteiger partial charge is 0.355 e. The lowest BCUT2D eigenvalue weighted by Gasteiger charge is -2.15. The number of hydrogen-bond donors (Lipinski definition) is 0. The van der Waals surface area contributed by atoms with Crippen LogP contribution in [0.1, 0.15) is 16.1 Å². The quantitative estimate of drug-likeness (QED) is 0.607. The molecular formula is C18H12BrClN2O2. The van der Waals surface area contributed by atoms with Gasteiger partial charge in [0, 0.05) is 33.4 Å². The van der Waals surface area contributed by atoms with Crippen molar-refractivity contribution in [1.29, 1.82) is 0 Å². The molecule has 1 amide bonds. The summed E-state index contributed by atoms with van der Waals surface area (Å²) in [7, 11) is 0. The maximum Gasteiger partial charge on any atom is 0.280 e. The molecule has 1 aliphatic heterocycles. The maximum atomic E-state index is 12.8. The molecule has 0 fully saturated rings. The van der Waals surface area contributed by atoms with Gasteiger partial charge in [-0.05, 0) is 54.4 Å². The normalized spacial score (nSPS) is 13.2. The zero-order valence-corrected chi connectivity index (χ0v) is 14.8. The van der Waals surface area contributed by atoms with Gasteiger partial charge < -0.3 is 9.42 Å². The first-order chi connectivity index (χ1) is 11.6. The van der Waals surface area contributed by atoms with Crippen LogP contribution in [0.5, 0.6) is 0 Å². The van der Waals surface area contributed by atoms with Gasteiger partial charge in [0.2, 0.25) is 0 Å². The molecule has 0 saturated carbocycles. The van der Waals surface area contributed by atoms with Crippen LogP contribution < -0.4 is 4.90 Å². The Balaban J connectivity index is 1.62. The zero-order valence-electron chi connectivity index (χ0n) is 12.5. The number of aromatic nitrogens is 1. The lowest BCUT2D eigenvalue weighted by Crippen LogP contribution is -2.29. The second-order valence-corrected chi connectivity index (χ2v) is 6.92. The maximum absolute atomic E-state index is 12.8. The number of halogens is 2. The van der Waals surface area contributed by atoms with Crippen LogP contribution in [0.2, 0.25) is 5.02 Å². The Hall–Kier alpha value is -2.11. The smallest absolute Gasteiger partial charge is 0.280 e. The Bertz CT molecular complexity index is 921. The van der Waals surface area contributed by atoms with Gasteiger partial charge in [-0.2, -0.15) is 0 Å². The van der Waals surface area contributed by atoms with E-state index in [9.17, 15) is 4.79 Å². The summed E-state index contributed by atoms with van der Waals surface area (Å²) in [6.45, 7) is 0.647. The molecule has 24 heavy (non-hydrogen) atoms. The second-order valence-electron chi connectivity index (χ2n) is 5.56. The molecule has 120 valence electrons. The van der Waals surface area contributed by atoms with E-state index in [1.807, 2.05) is 30.3 Å². The van der Waals surface area contributed by atoms with Gasteiger partial charge in [-0.15, -0.1) is 0 Å². The number of benzene rings is 2. The Morgan fingerprint density at radius 1 is 1.17 bits per heavy atom. The Morgan fingerprint density at radius 2 is 1.96 bits per heavy atom. The number of anilines is 1. The summed E-state index contributed by atoms with van der Waals surface area (Å²) in [4.78, 5) is 14.5. The fraction of sp³-hybridized carbons (Fsp3) is 0.111. The van der Waals surface area contributed by atoms with Gasteiger partial charge in [-0.25, -0.2) is 0 Å². The minimum absolute atomic E-state index is 0.153. The molecule has 0 saturated heterocycles. The van der Waals surface area contributed by atoms with E-state index in [1.54, 1.807) is 23.1 Å². The van der Waals surface area contributed by atoms with E-state index in [0.717, 1.165) is 27.7 Å². The number of nitrogens with zero attached hydrogens (tertiary/aromatic N) is 2. The first kappa shape index (κ1) is 15.4. The van der Waals surface area contributed by atoms with Crippen LogP contribution in [0.4, 0.5) is 5.69 Å². The highest BCUT2D eigenvalue weighted by atomic mass is 79.9. The number of carbonyl (C=O) groups excluding carboxylic acids is 1. The molecule has 1 aromatic heterocycles. The number of rotatable bonds is 2. The van der Waals surface area contributed by atoms with Gasteiger partial charge in [-0.1, -0.05) is 32.7 Å². The van der Waals surface area contributed by atoms with E-state index in [4.69, 9.17) is 16.1 Å². The van der Waals surface area contributed by atoms with E-state index in [1.165, 1.54) is 0 Å². The lowest BCUT2D eigenvalue weighted by atomic mass is 10.1. The molecule has 3 aromatic rings. The fourth-order valence-corrected chi connectivity index (χ4v) is 3.38. The Kier molecular flexibility index (Phi) is 3.90. The Labute approximate surface area is 152 Å². The molecule has 0 unspecified atom stereocenters. The summed E-state index contributed by atoms with van der Waals surface area (Å²) in [5.41, 5.74) is 3.21. The monoisotopic (exact) mass is 402 g/mol. The third-order valence-corrected chi connectivity index (χ3v) is 4.79. The standard InChI is InChI=1S/C18H12BrClN2O2/c19-13-3-6-16-12(9-13)7-8-22(16)18(23)15-10-17(24-21-15)11-1-4-14(20)5-2-11/h1-6,9-10H,7-8H2. The molecule has 6 heteroatoms. The summed E-state index contributed by atoms with van der Waals surface area (Å²) < 4.78 is 6.35. The van der Waals surface area contributed by atoms with E-state index in [-0.39, 0.29) is 5.91 Å². The van der Waals surface area contributed by atoms with Crippen LogP contribution in [0.15, 0.2) is 57.5 Å². The van der Waals surface area contributed by atoms with Crippen molar-refractivity contribution in [1.82, 2.24) is 5.16 Å². The molecule has 0 spiro atoms. The zero-order chi connectivity index (χ0) is 16.7. The molecule has 0 radical (unpaired) electrons. The third-order valence-electron chi connectivity index (χ3n) is 4.04. The average Bonchev–Trinajstić information content (AvgIpc) is 3.21. The number of fused-ring (bicyclic) bond motifs is 1. The van der Waals surface area contributed by atoms with Gasteiger partial charge in [0.15, 0.2) is 11.5 Å². The van der Waals surface area contributed by atoms with Gasteiger partial charge in [0.1, 0.15) is 0 Å². The van der Waals surface area contributed by atoms with E-state index in [0.29, 0.717) is 23.0 Å². The molecule has 2 heterocycles. The van der Waals surface area contributed by atoms with E-state index < -0.39 is 0 Å². The predicted molar refractivity (Wildman–Crippen MR) is 96.5 cm³/mol. The molecule has 2 aromatic carbocycles. The van der Waals surface area contributed by atoms with Crippen molar-refractivity contribution in [3.05, 3.63) is 69.3 Å². The number of carbonyl (C=O) groups is 1. The molecule has 4 rings (SSSR count). The van der Waals surface area contributed by atoms with Crippen molar-refractivity contribution < 1.29 is 9.32 Å². The highest BCUT2D eigenvalue weighted by Crippen LogP contribution is 2.32. The van der Waals surface area contributed by atoms with Crippen molar-refractivity contribution in [3.8, 4) is 11.3 Å². The summed E-state index contributed by atoms with van der Waals surface area (Å²) in [6.07, 6.45) is 0.836. The van der Waals surface area contributed by atoms with Gasteiger partial charge in [0.05, 0.1) is 0 Å². The predicted octanol–water partition coefficient (Wildman–Crippen LogP) is 4.96. The first-order valence-electron chi connectivity index (χ1n) is 7.45. The highest BCUT2D eigenvalue weighted by Gasteiger charge is 2.27. The Morgan fingerprint density at radius 3 is 2.75 bits per heavy atom. The van der Waals surface area contributed by atoms with Crippen molar-refractivity contribution in [2.24, 2.45) is 0 Å². The van der Waals surface area contributed by atoms with Crippen LogP contribution in [-0.4, -0.2) is 17.6 Å². The van der Waals surface area contributed by atoms with Crippen molar-refractivity contribution in [2.75, 3.05) is 11.4 Å². The van der Waals surface area contributed by atoms with Crippen molar-refractivity contribution in [2.45, 2.75) is 6.42 Å². The minimum Gasteiger partial charge on any atom is -0.355 e. The summed E-state index contributed by atoms with van der Waals surface area (Å²) in [5.74, 6) is 0.394. The summed E-state index contributed by atoms with van der Waals surface area (Å²) in [6, 6.07) is 14.8. The molecule has 0 aliphatic carbocycles. The van der Waals surface area contributed by atoms with Gasteiger partial charge >= 0.3 is 0 Å². The van der Waals surface area contributed by atoms with Crippen LogP contribution in [0.3, 0.4) is 0 Å². The molecule has 0 bridgehead atoms. The summed E-state index contributed by atoms with van der Waals surface area (Å²) in [5, 5.41) is 4.59. The second kappa shape index (κ2) is 6.07. The molecular weight excluding hydrogens is 392 g/mol. The molecule has 1 aliphatic rings. The fourth-order valence-electron chi connectivity index (χ4n) is 2.85. The van der Waals surface area contributed by atoms with E-state index in [2.05, 4.69) is 21.1 Å². The van der Waals surface area contributed by atoms with E-state index >= 15 is 0 Å². The number of amides is 1. The minimum atomic E-state index is -0.153. The molecule has 0 atom stereocenters. The van der Waals surface area contributed by atoms with Gasteiger partial charge in [0.25, 0.3) is 5.91 Å². The van der Waals surface area contributed by atoms with Crippen LogP contribution >= 0.6 is 27.5 Å². The van der Waals surface area contributed by atoms with Crippen LogP contribution in [-0.2, 0) is 6.42 Å². The number of hydrogen-bond acceptors (Lipinski definition) is 3. The summed E-state index contributed by atoms with van der Waals surface area (Å²) >= 11 is 9.35. The van der Waals surface area contributed by atoms with Crippen molar-refractivity contribution >= 4 is 39.1 Å². The van der Waals surface area contributed by atoms with Gasteiger partial charge in [-0.3, -0.25) is 4.79 Å². The van der Waals surface area contributed by atoms with Crippen molar-refractivity contribution in [3.63, 3.8) is 0 Å². The SMILES string of the molecule is O=C(c1cc(-c2ccc(Cl)cc2)on1)N1CCc2cc(Br)ccc21. The topological polar surface area (TPSA) is 46.3 Å². The molecule has 0 N–H and O–H groups in total.